The van der Waals surface area contributed by atoms with Gasteiger partial charge in [-0.15, -0.1) is 0 Å². The second-order valence-electron chi connectivity index (χ2n) is 4.83. The van der Waals surface area contributed by atoms with E-state index >= 15 is 0 Å². The van der Waals surface area contributed by atoms with E-state index in [9.17, 15) is 0 Å². The van der Waals surface area contributed by atoms with Crippen LogP contribution in [0.2, 0.25) is 0 Å². The highest BCUT2D eigenvalue weighted by atomic mass is 14.4. The van der Waals surface area contributed by atoms with Crippen molar-refractivity contribution in [1.82, 2.24) is 0 Å². The van der Waals surface area contributed by atoms with Gasteiger partial charge in [-0.1, -0.05) is 33.6 Å². The molecule has 2 atom stereocenters. The summed E-state index contributed by atoms with van der Waals surface area (Å²) in [7, 11) is 0. The van der Waals surface area contributed by atoms with Gasteiger partial charge in [-0.3, -0.25) is 0 Å². The molecule has 0 heterocycles. The lowest BCUT2D eigenvalue weighted by Crippen LogP contribution is -2.33. The molecular weight excluding hydrogens is 146 g/mol. The van der Waals surface area contributed by atoms with Crippen LogP contribution in [-0.2, 0) is 0 Å². The maximum absolute atomic E-state index is 8.72. The molecule has 2 unspecified atom stereocenters. The van der Waals surface area contributed by atoms with Gasteiger partial charge in [0.05, 0.1) is 6.07 Å². The zero-order chi connectivity index (χ0) is 9.19. The first kappa shape index (κ1) is 9.58. The molecule has 68 valence electrons. The smallest absolute Gasteiger partial charge is 0.0624 e. The number of hydrogen-bond donors (Lipinski definition) is 0. The normalized spacial score (nSPS) is 34.2. The molecule has 1 rings (SSSR count). The van der Waals surface area contributed by atoms with Gasteiger partial charge in [0.2, 0.25) is 0 Å². The molecule has 1 fully saturated rings. The van der Waals surface area contributed by atoms with E-state index in [1.807, 2.05) is 0 Å². The molecule has 0 saturated heterocycles. The largest absolute Gasteiger partial charge is 0.198 e. The van der Waals surface area contributed by atoms with Crippen LogP contribution in [0.1, 0.15) is 46.5 Å². The Morgan fingerprint density at radius 2 is 2.17 bits per heavy atom. The average molecular weight is 165 g/mol. The number of nitriles is 1. The topological polar surface area (TPSA) is 23.8 Å². The molecule has 0 radical (unpaired) electrons. The van der Waals surface area contributed by atoms with Crippen LogP contribution >= 0.6 is 0 Å². The van der Waals surface area contributed by atoms with Crippen LogP contribution in [0.3, 0.4) is 0 Å². The first-order chi connectivity index (χ1) is 5.58. The highest BCUT2D eigenvalue weighted by Gasteiger charge is 2.36. The SMILES string of the molecule is CC1CCCC(C)(C)C1CC#N. The molecule has 0 N–H and O–H groups in total. The molecule has 0 amide bonds. The highest BCUT2D eigenvalue weighted by Crippen LogP contribution is 2.45. The zero-order valence-corrected chi connectivity index (χ0v) is 8.43. The van der Waals surface area contributed by atoms with E-state index in [0.717, 1.165) is 12.3 Å². The molecule has 1 heteroatoms. The second kappa shape index (κ2) is 3.47. The van der Waals surface area contributed by atoms with Gasteiger partial charge in [-0.05, 0) is 23.7 Å². The van der Waals surface area contributed by atoms with E-state index in [0.29, 0.717) is 11.3 Å². The monoisotopic (exact) mass is 165 g/mol. The van der Waals surface area contributed by atoms with E-state index in [4.69, 9.17) is 5.26 Å². The maximum Gasteiger partial charge on any atom is 0.0624 e. The van der Waals surface area contributed by atoms with Crippen LogP contribution in [0.25, 0.3) is 0 Å². The summed E-state index contributed by atoms with van der Waals surface area (Å²) in [6, 6.07) is 2.32. The summed E-state index contributed by atoms with van der Waals surface area (Å²) < 4.78 is 0. The van der Waals surface area contributed by atoms with Crippen molar-refractivity contribution in [3.05, 3.63) is 0 Å². The first-order valence-electron chi connectivity index (χ1n) is 4.95. The van der Waals surface area contributed by atoms with Gasteiger partial charge < -0.3 is 0 Å². The summed E-state index contributed by atoms with van der Waals surface area (Å²) in [5, 5.41) is 8.72. The van der Waals surface area contributed by atoms with E-state index < -0.39 is 0 Å². The van der Waals surface area contributed by atoms with E-state index in [1.165, 1.54) is 19.3 Å². The van der Waals surface area contributed by atoms with Crippen molar-refractivity contribution in [2.75, 3.05) is 0 Å². The fraction of sp³-hybridized carbons (Fsp3) is 0.909. The number of nitrogens with zero attached hydrogens (tertiary/aromatic N) is 1. The van der Waals surface area contributed by atoms with Gasteiger partial charge in [-0.2, -0.15) is 5.26 Å². The summed E-state index contributed by atoms with van der Waals surface area (Å²) in [5.41, 5.74) is 0.396. The van der Waals surface area contributed by atoms with Crippen molar-refractivity contribution in [2.24, 2.45) is 17.3 Å². The minimum Gasteiger partial charge on any atom is -0.198 e. The Bertz CT molecular complexity index is 188. The van der Waals surface area contributed by atoms with Gasteiger partial charge in [-0.25, -0.2) is 0 Å². The lowest BCUT2D eigenvalue weighted by atomic mass is 9.63. The van der Waals surface area contributed by atoms with Crippen LogP contribution in [-0.4, -0.2) is 0 Å². The lowest BCUT2D eigenvalue weighted by molar-refractivity contribution is 0.0877. The fourth-order valence-corrected chi connectivity index (χ4v) is 2.61. The van der Waals surface area contributed by atoms with Gasteiger partial charge in [0.15, 0.2) is 0 Å². The first-order valence-corrected chi connectivity index (χ1v) is 4.95. The molecule has 1 nitrogen and oxygen atoms in total. The second-order valence-corrected chi connectivity index (χ2v) is 4.83. The molecule has 0 bridgehead atoms. The van der Waals surface area contributed by atoms with Crippen LogP contribution in [0.4, 0.5) is 0 Å². The minimum atomic E-state index is 0.396. The molecule has 0 aromatic rings. The Labute approximate surface area is 75.8 Å². The Balaban J connectivity index is 2.68. The average Bonchev–Trinajstić information content (AvgIpc) is 1.97. The molecule has 1 saturated carbocycles. The van der Waals surface area contributed by atoms with Crippen LogP contribution in [0, 0.1) is 28.6 Å². The Kier molecular flexibility index (Phi) is 2.77. The van der Waals surface area contributed by atoms with Gasteiger partial charge in [0.1, 0.15) is 0 Å². The van der Waals surface area contributed by atoms with E-state index in [2.05, 4.69) is 26.8 Å². The molecule has 0 aromatic heterocycles. The third kappa shape index (κ3) is 1.80. The van der Waals surface area contributed by atoms with Gasteiger partial charge in [0, 0.05) is 6.42 Å². The van der Waals surface area contributed by atoms with Crippen molar-refractivity contribution in [3.8, 4) is 6.07 Å². The molecule has 0 aliphatic heterocycles. The van der Waals surface area contributed by atoms with Crippen LogP contribution in [0.5, 0.6) is 0 Å². The number of hydrogen-bond acceptors (Lipinski definition) is 1. The summed E-state index contributed by atoms with van der Waals surface area (Å²) in [6.07, 6.45) is 4.70. The van der Waals surface area contributed by atoms with E-state index in [1.54, 1.807) is 0 Å². The third-order valence-electron chi connectivity index (χ3n) is 3.48. The van der Waals surface area contributed by atoms with Crippen molar-refractivity contribution in [3.63, 3.8) is 0 Å². The Morgan fingerprint density at radius 3 is 2.67 bits per heavy atom. The molecule has 12 heavy (non-hydrogen) atoms. The van der Waals surface area contributed by atoms with Crippen molar-refractivity contribution in [2.45, 2.75) is 46.5 Å². The summed E-state index contributed by atoms with van der Waals surface area (Å²) >= 11 is 0. The fourth-order valence-electron chi connectivity index (χ4n) is 2.61. The van der Waals surface area contributed by atoms with Crippen molar-refractivity contribution in [1.29, 1.82) is 5.26 Å². The molecular formula is C11H19N. The molecule has 1 aliphatic carbocycles. The quantitative estimate of drug-likeness (QED) is 0.584. The maximum atomic E-state index is 8.72. The Morgan fingerprint density at radius 1 is 1.50 bits per heavy atom. The summed E-state index contributed by atoms with van der Waals surface area (Å²) in [6.45, 7) is 6.91. The predicted molar refractivity (Wildman–Crippen MR) is 50.5 cm³/mol. The molecule has 0 aromatic carbocycles. The van der Waals surface area contributed by atoms with Crippen molar-refractivity contribution < 1.29 is 0 Å². The van der Waals surface area contributed by atoms with Crippen LogP contribution < -0.4 is 0 Å². The predicted octanol–water partition coefficient (Wildman–Crippen LogP) is 3.36. The Hall–Kier alpha value is -0.510. The lowest BCUT2D eigenvalue weighted by Gasteiger charge is -2.41. The van der Waals surface area contributed by atoms with E-state index in [-0.39, 0.29) is 0 Å². The highest BCUT2D eigenvalue weighted by molar-refractivity contribution is 4.91. The van der Waals surface area contributed by atoms with Gasteiger partial charge in [0.25, 0.3) is 0 Å². The third-order valence-corrected chi connectivity index (χ3v) is 3.48. The van der Waals surface area contributed by atoms with Crippen LogP contribution in [0.15, 0.2) is 0 Å². The standard InChI is InChI=1S/C11H19N/c1-9-5-4-7-11(2,3)10(9)6-8-12/h9-10H,4-7H2,1-3H3. The summed E-state index contributed by atoms with van der Waals surface area (Å²) in [5.74, 6) is 1.37. The zero-order valence-electron chi connectivity index (χ0n) is 8.43. The molecule has 0 spiro atoms. The van der Waals surface area contributed by atoms with Crippen molar-refractivity contribution >= 4 is 0 Å². The number of rotatable bonds is 1. The molecule has 1 aliphatic rings. The minimum absolute atomic E-state index is 0.396. The summed E-state index contributed by atoms with van der Waals surface area (Å²) in [4.78, 5) is 0. The van der Waals surface area contributed by atoms with Gasteiger partial charge >= 0.3 is 0 Å².